The summed E-state index contributed by atoms with van der Waals surface area (Å²) in [5.74, 6) is 1.05. The van der Waals surface area contributed by atoms with Gasteiger partial charge < -0.3 is 10.1 Å². The van der Waals surface area contributed by atoms with E-state index >= 15 is 0 Å². The van der Waals surface area contributed by atoms with Gasteiger partial charge in [-0.15, -0.1) is 0 Å². The maximum atomic E-state index is 11.7. The van der Waals surface area contributed by atoms with Crippen LogP contribution < -0.4 is 10.6 Å². The molecule has 1 aliphatic heterocycles. The number of hydrogen-bond donors (Lipinski definition) is 2. The molecule has 1 aromatic heterocycles. The number of halogens is 1. The number of anilines is 1. The highest BCUT2D eigenvalue weighted by molar-refractivity contribution is 9.10. The van der Waals surface area contributed by atoms with Gasteiger partial charge >= 0.3 is 6.03 Å². The van der Waals surface area contributed by atoms with Crippen molar-refractivity contribution in [1.82, 2.24) is 10.3 Å². The quantitative estimate of drug-likeness (QED) is 0.900. The van der Waals surface area contributed by atoms with Crippen LogP contribution in [-0.4, -0.2) is 30.8 Å². The minimum atomic E-state index is -0.216. The van der Waals surface area contributed by atoms with Gasteiger partial charge in [-0.25, -0.2) is 9.78 Å². The van der Waals surface area contributed by atoms with Crippen molar-refractivity contribution in [2.45, 2.75) is 12.8 Å². The molecule has 1 fully saturated rings. The summed E-state index contributed by atoms with van der Waals surface area (Å²) < 4.78 is 6.16. The number of urea groups is 1. The molecule has 0 radical (unpaired) electrons. The first-order valence-electron chi connectivity index (χ1n) is 5.98. The van der Waals surface area contributed by atoms with Crippen LogP contribution in [-0.2, 0) is 4.74 Å². The lowest BCUT2D eigenvalue weighted by Crippen LogP contribution is -2.35. The molecular weight excluding hydrogens is 298 g/mol. The maximum Gasteiger partial charge on any atom is 0.320 e. The lowest BCUT2D eigenvalue weighted by molar-refractivity contribution is 0.0671. The summed E-state index contributed by atoms with van der Waals surface area (Å²) in [7, 11) is 0. The number of ether oxygens (including phenoxy) is 1. The van der Waals surface area contributed by atoms with Gasteiger partial charge in [0.1, 0.15) is 5.82 Å². The summed E-state index contributed by atoms with van der Waals surface area (Å²) in [6, 6.07) is 3.35. The Morgan fingerprint density at radius 3 is 3.00 bits per heavy atom. The van der Waals surface area contributed by atoms with Gasteiger partial charge in [-0.3, -0.25) is 5.32 Å². The van der Waals surface area contributed by atoms with Crippen LogP contribution in [0.2, 0.25) is 0 Å². The summed E-state index contributed by atoms with van der Waals surface area (Å²) in [6.07, 6.45) is 3.66. The summed E-state index contributed by atoms with van der Waals surface area (Å²) in [5, 5.41) is 5.56. The maximum absolute atomic E-state index is 11.7. The third-order valence-electron chi connectivity index (χ3n) is 2.86. The second-order valence-corrected chi connectivity index (χ2v) is 5.17. The number of rotatable bonds is 3. The van der Waals surface area contributed by atoms with Crippen LogP contribution in [0.15, 0.2) is 22.8 Å². The molecular formula is C12H16BrN3O2. The number of amides is 2. The molecule has 0 saturated carbocycles. The topological polar surface area (TPSA) is 63.2 Å². The Kier molecular flexibility index (Phi) is 4.95. The van der Waals surface area contributed by atoms with E-state index in [0.29, 0.717) is 18.3 Å². The van der Waals surface area contributed by atoms with Gasteiger partial charge in [0.2, 0.25) is 0 Å². The molecule has 18 heavy (non-hydrogen) atoms. The summed E-state index contributed by atoms with van der Waals surface area (Å²) in [6.45, 7) is 2.27. The Morgan fingerprint density at radius 2 is 2.28 bits per heavy atom. The molecule has 2 amide bonds. The van der Waals surface area contributed by atoms with Crippen molar-refractivity contribution < 1.29 is 9.53 Å². The third kappa shape index (κ3) is 4.27. The van der Waals surface area contributed by atoms with E-state index in [1.807, 2.05) is 6.07 Å². The van der Waals surface area contributed by atoms with Crippen molar-refractivity contribution in [3.8, 4) is 0 Å². The van der Waals surface area contributed by atoms with Crippen LogP contribution in [0.5, 0.6) is 0 Å². The highest BCUT2D eigenvalue weighted by Crippen LogP contribution is 2.14. The van der Waals surface area contributed by atoms with Crippen molar-refractivity contribution >= 4 is 27.8 Å². The van der Waals surface area contributed by atoms with Crippen molar-refractivity contribution in [3.63, 3.8) is 0 Å². The van der Waals surface area contributed by atoms with Crippen molar-refractivity contribution in [3.05, 3.63) is 22.8 Å². The molecule has 2 rings (SSSR count). The fraction of sp³-hybridized carbons (Fsp3) is 0.500. The predicted molar refractivity (Wildman–Crippen MR) is 72.5 cm³/mol. The summed E-state index contributed by atoms with van der Waals surface area (Å²) in [4.78, 5) is 15.7. The standard InChI is InChI=1S/C12H16BrN3O2/c13-10-1-4-14-11(7-10)16-12(17)15-8-9-2-5-18-6-3-9/h1,4,7,9H,2-3,5-6,8H2,(H2,14,15,16,17). The van der Waals surface area contributed by atoms with Gasteiger partial charge in [0, 0.05) is 30.4 Å². The molecule has 5 nitrogen and oxygen atoms in total. The van der Waals surface area contributed by atoms with E-state index in [1.165, 1.54) is 0 Å². The number of carbonyl (C=O) groups excluding carboxylic acids is 1. The van der Waals surface area contributed by atoms with Crippen molar-refractivity contribution in [1.29, 1.82) is 0 Å². The summed E-state index contributed by atoms with van der Waals surface area (Å²) in [5.41, 5.74) is 0. The van der Waals surface area contributed by atoms with E-state index < -0.39 is 0 Å². The monoisotopic (exact) mass is 313 g/mol. The third-order valence-corrected chi connectivity index (χ3v) is 3.35. The molecule has 0 bridgehead atoms. The number of carbonyl (C=O) groups is 1. The van der Waals surface area contributed by atoms with Crippen molar-refractivity contribution in [2.24, 2.45) is 5.92 Å². The van der Waals surface area contributed by atoms with E-state index in [-0.39, 0.29) is 6.03 Å². The molecule has 6 heteroatoms. The highest BCUT2D eigenvalue weighted by Gasteiger charge is 2.14. The van der Waals surface area contributed by atoms with Crippen molar-refractivity contribution in [2.75, 3.05) is 25.1 Å². The number of hydrogen-bond acceptors (Lipinski definition) is 3. The van der Waals surface area contributed by atoms with Gasteiger partial charge in [-0.2, -0.15) is 0 Å². The first-order chi connectivity index (χ1) is 8.74. The first-order valence-corrected chi connectivity index (χ1v) is 6.77. The van der Waals surface area contributed by atoms with Gasteiger partial charge in [-0.05, 0) is 30.9 Å². The fourth-order valence-electron chi connectivity index (χ4n) is 1.82. The fourth-order valence-corrected chi connectivity index (χ4v) is 2.16. The lowest BCUT2D eigenvalue weighted by atomic mass is 10.0. The van der Waals surface area contributed by atoms with Crippen LogP contribution in [0, 0.1) is 5.92 Å². The SMILES string of the molecule is O=C(NCC1CCOCC1)Nc1cc(Br)ccn1. The molecule has 1 aliphatic rings. The Balaban J connectivity index is 1.74. The minimum absolute atomic E-state index is 0.216. The molecule has 0 atom stereocenters. The molecule has 0 spiro atoms. The Morgan fingerprint density at radius 1 is 1.50 bits per heavy atom. The van der Waals surface area contributed by atoms with Gasteiger partial charge in [0.25, 0.3) is 0 Å². The highest BCUT2D eigenvalue weighted by atomic mass is 79.9. The number of nitrogens with one attached hydrogen (secondary N) is 2. The second kappa shape index (κ2) is 6.70. The summed E-state index contributed by atoms with van der Waals surface area (Å²) >= 11 is 3.33. The minimum Gasteiger partial charge on any atom is -0.381 e. The molecule has 1 saturated heterocycles. The molecule has 1 aromatic rings. The Bertz CT molecular complexity index is 408. The molecule has 2 N–H and O–H groups in total. The van der Waals surface area contributed by atoms with Crippen LogP contribution in [0.1, 0.15) is 12.8 Å². The van der Waals surface area contributed by atoms with E-state index in [0.717, 1.165) is 30.5 Å². The molecule has 2 heterocycles. The second-order valence-electron chi connectivity index (χ2n) is 4.25. The van der Waals surface area contributed by atoms with Crippen LogP contribution >= 0.6 is 15.9 Å². The normalized spacial score (nSPS) is 16.3. The molecule has 0 aliphatic carbocycles. The average Bonchev–Trinajstić information content (AvgIpc) is 2.38. The van der Waals surface area contributed by atoms with Gasteiger partial charge in [-0.1, -0.05) is 15.9 Å². The Hall–Kier alpha value is -1.14. The van der Waals surface area contributed by atoms with E-state index in [2.05, 4.69) is 31.5 Å². The molecule has 0 aromatic carbocycles. The van der Waals surface area contributed by atoms with Crippen LogP contribution in [0.25, 0.3) is 0 Å². The molecule has 98 valence electrons. The first kappa shape index (κ1) is 13.3. The van der Waals surface area contributed by atoms with Gasteiger partial charge in [0.15, 0.2) is 0 Å². The average molecular weight is 314 g/mol. The smallest absolute Gasteiger partial charge is 0.320 e. The number of aromatic nitrogens is 1. The van der Waals surface area contributed by atoms with E-state index in [1.54, 1.807) is 12.3 Å². The zero-order valence-corrected chi connectivity index (χ0v) is 11.6. The van der Waals surface area contributed by atoms with Gasteiger partial charge in [0.05, 0.1) is 0 Å². The predicted octanol–water partition coefficient (Wildman–Crippen LogP) is 2.39. The zero-order valence-electron chi connectivity index (χ0n) is 9.99. The number of nitrogens with zero attached hydrogens (tertiary/aromatic N) is 1. The van der Waals surface area contributed by atoms with E-state index in [9.17, 15) is 4.79 Å². The zero-order chi connectivity index (χ0) is 12.8. The largest absolute Gasteiger partial charge is 0.381 e. The van der Waals surface area contributed by atoms with E-state index in [4.69, 9.17) is 4.74 Å². The number of pyridine rings is 1. The molecule has 0 unspecified atom stereocenters. The van der Waals surface area contributed by atoms with Crippen LogP contribution in [0.3, 0.4) is 0 Å². The van der Waals surface area contributed by atoms with Crippen LogP contribution in [0.4, 0.5) is 10.6 Å². The Labute approximate surface area is 114 Å². The lowest BCUT2D eigenvalue weighted by Gasteiger charge is -2.22.